The van der Waals surface area contributed by atoms with Crippen LogP contribution >= 0.6 is 0 Å². The Morgan fingerprint density at radius 1 is 1.35 bits per heavy atom. The summed E-state index contributed by atoms with van der Waals surface area (Å²) in [5.74, 6) is 1.48. The van der Waals surface area contributed by atoms with Gasteiger partial charge in [-0.3, -0.25) is 4.79 Å². The van der Waals surface area contributed by atoms with E-state index in [1.807, 2.05) is 18.2 Å². The van der Waals surface area contributed by atoms with Crippen molar-refractivity contribution < 1.29 is 9.53 Å². The number of benzene rings is 1. The molecule has 1 fully saturated rings. The van der Waals surface area contributed by atoms with Crippen LogP contribution in [0.1, 0.15) is 37.4 Å². The molecule has 1 aliphatic rings. The van der Waals surface area contributed by atoms with Crippen molar-refractivity contribution in [2.45, 2.75) is 37.7 Å². The average Bonchev–Trinajstić information content (AvgIpc) is 2.93. The van der Waals surface area contributed by atoms with Crippen LogP contribution in [0.2, 0.25) is 0 Å². The first-order valence-corrected chi connectivity index (χ1v) is 7.03. The number of hydrogen-bond acceptors (Lipinski definition) is 3. The van der Waals surface area contributed by atoms with E-state index in [1.54, 1.807) is 7.11 Å². The molecular formula is C15H19N3O2. The lowest BCUT2D eigenvalue weighted by atomic mass is 9.87. The summed E-state index contributed by atoms with van der Waals surface area (Å²) in [5, 5.41) is 2.70. The molecule has 106 valence electrons. The van der Waals surface area contributed by atoms with Crippen LogP contribution in [0.4, 0.5) is 5.69 Å². The molecule has 0 bridgehead atoms. The van der Waals surface area contributed by atoms with Crippen LogP contribution in [0.3, 0.4) is 0 Å². The highest BCUT2D eigenvalue weighted by atomic mass is 16.5. The van der Waals surface area contributed by atoms with Crippen molar-refractivity contribution in [3.63, 3.8) is 0 Å². The van der Waals surface area contributed by atoms with Crippen LogP contribution in [0, 0.1) is 0 Å². The predicted molar refractivity (Wildman–Crippen MR) is 77.8 cm³/mol. The number of H-pyrrole nitrogens is 1. The third-order valence-corrected chi connectivity index (χ3v) is 4.14. The fourth-order valence-electron chi connectivity index (χ4n) is 3.00. The summed E-state index contributed by atoms with van der Waals surface area (Å²) in [7, 11) is 1.78. The molecule has 0 unspecified atom stereocenters. The molecule has 1 heterocycles. The SMILES string of the molecule is COC1CCC(c2nc3c(NC=O)cccc3[nH]2)CC1. The molecule has 0 spiro atoms. The van der Waals surface area contributed by atoms with Crippen molar-refractivity contribution in [2.75, 3.05) is 12.4 Å². The lowest BCUT2D eigenvalue weighted by Crippen LogP contribution is -2.19. The van der Waals surface area contributed by atoms with E-state index in [-0.39, 0.29) is 0 Å². The molecule has 1 saturated carbocycles. The molecule has 0 aliphatic heterocycles. The zero-order valence-electron chi connectivity index (χ0n) is 11.6. The molecule has 1 aromatic heterocycles. The summed E-state index contributed by atoms with van der Waals surface area (Å²) in [5.41, 5.74) is 2.56. The topological polar surface area (TPSA) is 67.0 Å². The monoisotopic (exact) mass is 273 g/mol. The predicted octanol–water partition coefficient (Wildman–Crippen LogP) is 2.80. The minimum atomic E-state index is 0.392. The van der Waals surface area contributed by atoms with E-state index in [4.69, 9.17) is 4.74 Å². The van der Waals surface area contributed by atoms with Gasteiger partial charge in [0.2, 0.25) is 6.41 Å². The number of methoxy groups -OCH3 is 1. The first-order valence-electron chi connectivity index (χ1n) is 7.03. The number of nitrogens with one attached hydrogen (secondary N) is 2. The maximum absolute atomic E-state index is 10.6. The van der Waals surface area contributed by atoms with Gasteiger partial charge in [-0.2, -0.15) is 0 Å². The highest BCUT2D eigenvalue weighted by molar-refractivity contribution is 5.92. The minimum Gasteiger partial charge on any atom is -0.381 e. The second-order valence-corrected chi connectivity index (χ2v) is 5.30. The Morgan fingerprint density at radius 3 is 2.85 bits per heavy atom. The number of fused-ring (bicyclic) bond motifs is 1. The zero-order valence-corrected chi connectivity index (χ0v) is 11.6. The number of hydrogen-bond donors (Lipinski definition) is 2. The van der Waals surface area contributed by atoms with Crippen LogP contribution in [0.5, 0.6) is 0 Å². The van der Waals surface area contributed by atoms with E-state index in [0.717, 1.165) is 48.2 Å². The largest absolute Gasteiger partial charge is 0.381 e. The van der Waals surface area contributed by atoms with Crippen molar-refractivity contribution in [1.29, 1.82) is 0 Å². The maximum Gasteiger partial charge on any atom is 0.211 e. The maximum atomic E-state index is 10.6. The molecule has 5 heteroatoms. The molecular weight excluding hydrogens is 254 g/mol. The Kier molecular flexibility index (Phi) is 3.69. The molecule has 2 aromatic rings. The number of carbonyl (C=O) groups excluding carboxylic acids is 1. The lowest BCUT2D eigenvalue weighted by Gasteiger charge is -2.26. The summed E-state index contributed by atoms with van der Waals surface area (Å²) >= 11 is 0. The van der Waals surface area contributed by atoms with Crippen molar-refractivity contribution >= 4 is 23.1 Å². The Hall–Kier alpha value is -1.88. The summed E-state index contributed by atoms with van der Waals surface area (Å²) in [6, 6.07) is 5.77. The highest BCUT2D eigenvalue weighted by Gasteiger charge is 2.24. The molecule has 5 nitrogen and oxygen atoms in total. The fraction of sp³-hybridized carbons (Fsp3) is 0.467. The lowest BCUT2D eigenvalue weighted by molar-refractivity contribution is -0.105. The number of amides is 1. The summed E-state index contributed by atoms with van der Waals surface area (Å²) < 4.78 is 5.41. The van der Waals surface area contributed by atoms with Crippen LogP contribution in [0.25, 0.3) is 11.0 Å². The molecule has 0 radical (unpaired) electrons. The Labute approximate surface area is 117 Å². The average molecular weight is 273 g/mol. The third kappa shape index (κ3) is 2.41. The third-order valence-electron chi connectivity index (χ3n) is 4.14. The van der Waals surface area contributed by atoms with Crippen molar-refractivity contribution in [2.24, 2.45) is 0 Å². The van der Waals surface area contributed by atoms with E-state index in [9.17, 15) is 4.79 Å². The van der Waals surface area contributed by atoms with E-state index in [1.165, 1.54) is 0 Å². The molecule has 1 aromatic carbocycles. The molecule has 20 heavy (non-hydrogen) atoms. The van der Waals surface area contributed by atoms with Gasteiger partial charge in [-0.1, -0.05) is 6.07 Å². The number of rotatable bonds is 4. The van der Waals surface area contributed by atoms with Crippen molar-refractivity contribution in [3.8, 4) is 0 Å². The second-order valence-electron chi connectivity index (χ2n) is 5.30. The number of imidazole rings is 1. The molecule has 0 atom stereocenters. The molecule has 2 N–H and O–H groups in total. The van der Waals surface area contributed by atoms with Crippen molar-refractivity contribution in [1.82, 2.24) is 9.97 Å². The minimum absolute atomic E-state index is 0.392. The van der Waals surface area contributed by atoms with Gasteiger partial charge in [0.1, 0.15) is 11.3 Å². The smallest absolute Gasteiger partial charge is 0.211 e. The number of para-hydroxylation sites is 1. The van der Waals surface area contributed by atoms with Gasteiger partial charge in [-0.25, -0.2) is 4.98 Å². The van der Waals surface area contributed by atoms with Crippen LogP contribution < -0.4 is 5.32 Å². The molecule has 1 aliphatic carbocycles. The van der Waals surface area contributed by atoms with Gasteiger partial charge in [0.05, 0.1) is 17.3 Å². The number of carbonyl (C=O) groups is 1. The Bertz CT molecular complexity index is 600. The Balaban J connectivity index is 1.86. The van der Waals surface area contributed by atoms with Gasteiger partial charge in [-0.15, -0.1) is 0 Å². The second kappa shape index (κ2) is 5.63. The van der Waals surface area contributed by atoms with E-state index in [2.05, 4.69) is 15.3 Å². The number of ether oxygens (including phenoxy) is 1. The fourth-order valence-corrected chi connectivity index (χ4v) is 3.00. The van der Waals surface area contributed by atoms with Gasteiger partial charge in [0.15, 0.2) is 0 Å². The molecule has 1 amide bonds. The summed E-state index contributed by atoms with van der Waals surface area (Å²) in [6.45, 7) is 0. The quantitative estimate of drug-likeness (QED) is 0.842. The number of nitrogens with zero attached hydrogens (tertiary/aromatic N) is 1. The van der Waals surface area contributed by atoms with Gasteiger partial charge in [-0.05, 0) is 37.8 Å². The molecule has 3 rings (SSSR count). The van der Waals surface area contributed by atoms with E-state index >= 15 is 0 Å². The van der Waals surface area contributed by atoms with Gasteiger partial charge in [0, 0.05) is 13.0 Å². The Morgan fingerprint density at radius 2 is 2.15 bits per heavy atom. The van der Waals surface area contributed by atoms with Gasteiger partial charge >= 0.3 is 0 Å². The summed E-state index contributed by atoms with van der Waals surface area (Å²) in [4.78, 5) is 18.7. The van der Waals surface area contributed by atoms with Gasteiger partial charge < -0.3 is 15.0 Å². The standard InChI is InChI=1S/C15H19N3O2/c1-20-11-7-5-10(6-8-11)15-17-13-4-2-3-12(16-9-19)14(13)18-15/h2-4,9-11H,5-8H2,1H3,(H,16,19)(H,17,18). The van der Waals surface area contributed by atoms with E-state index < -0.39 is 0 Å². The number of aromatic nitrogens is 2. The first-order chi connectivity index (χ1) is 9.81. The zero-order chi connectivity index (χ0) is 13.9. The number of anilines is 1. The van der Waals surface area contributed by atoms with Gasteiger partial charge in [0.25, 0.3) is 0 Å². The van der Waals surface area contributed by atoms with Crippen LogP contribution in [-0.4, -0.2) is 29.6 Å². The number of aromatic amines is 1. The van der Waals surface area contributed by atoms with Crippen LogP contribution in [0.15, 0.2) is 18.2 Å². The van der Waals surface area contributed by atoms with Crippen molar-refractivity contribution in [3.05, 3.63) is 24.0 Å². The summed E-state index contributed by atoms with van der Waals surface area (Å²) in [6.07, 6.45) is 5.43. The normalized spacial score (nSPS) is 22.9. The highest BCUT2D eigenvalue weighted by Crippen LogP contribution is 2.34. The van der Waals surface area contributed by atoms with Crippen LogP contribution in [-0.2, 0) is 9.53 Å². The van der Waals surface area contributed by atoms with E-state index in [0.29, 0.717) is 18.4 Å². The molecule has 0 saturated heterocycles. The first kappa shape index (κ1) is 13.1.